The largest absolute Gasteiger partial charge is 0.462 e. The van der Waals surface area contributed by atoms with Crippen molar-refractivity contribution in [1.29, 1.82) is 0 Å². The molecule has 1 fully saturated rings. The van der Waals surface area contributed by atoms with Crippen LogP contribution in [0.4, 0.5) is 0 Å². The van der Waals surface area contributed by atoms with E-state index in [-0.39, 0.29) is 19.4 Å². The minimum atomic E-state index is -4.61. The zero-order valence-corrected chi connectivity index (χ0v) is 37.2. The first-order valence-electron chi connectivity index (χ1n) is 22.7. The van der Waals surface area contributed by atoms with Gasteiger partial charge >= 0.3 is 11.9 Å². The van der Waals surface area contributed by atoms with Gasteiger partial charge in [0.1, 0.15) is 36.8 Å². The van der Waals surface area contributed by atoms with Crippen LogP contribution in [-0.2, 0) is 38.7 Å². The molecule has 0 amide bonds. The summed E-state index contributed by atoms with van der Waals surface area (Å²) in [6, 6.07) is 0. The molecule has 6 atom stereocenters. The monoisotopic (exact) mass is 857 g/mol. The molecule has 0 aromatic carbocycles. The number of rotatable bonds is 37. The predicted molar refractivity (Wildman–Crippen MR) is 233 cm³/mol. The molecule has 59 heavy (non-hydrogen) atoms. The Labute approximate surface area is 356 Å². The van der Waals surface area contributed by atoms with Crippen molar-refractivity contribution in [3.05, 3.63) is 48.6 Å². The molecule has 1 saturated heterocycles. The summed E-state index contributed by atoms with van der Waals surface area (Å²) in [4.78, 5) is 25.4. The Morgan fingerprint density at radius 1 is 0.576 bits per heavy atom. The van der Waals surface area contributed by atoms with Gasteiger partial charge in [-0.2, -0.15) is 8.42 Å². The van der Waals surface area contributed by atoms with Crippen molar-refractivity contribution in [2.75, 3.05) is 19.0 Å². The fourth-order valence-corrected chi connectivity index (χ4v) is 7.30. The minimum absolute atomic E-state index is 0.127. The SMILES string of the molecule is CCC/C=C/C/C=C/C/C=C/C/C=C/CCCCCC(=O)O[C@H](COC(=O)CCCCCCCCCCCCCCCC)CO[C@H]1O[C@H](CS(=O)(=O)O)[C@@H](O)C(O)C1O. The van der Waals surface area contributed by atoms with E-state index in [0.29, 0.717) is 12.8 Å². The number of carbonyl (C=O) groups excluding carboxylic acids is 2. The van der Waals surface area contributed by atoms with Crippen LogP contribution in [0.25, 0.3) is 0 Å². The molecule has 0 bridgehead atoms. The summed E-state index contributed by atoms with van der Waals surface area (Å²) >= 11 is 0. The van der Waals surface area contributed by atoms with Crippen LogP contribution in [0.15, 0.2) is 48.6 Å². The second kappa shape index (κ2) is 36.3. The summed E-state index contributed by atoms with van der Waals surface area (Å²) in [6.45, 7) is 3.66. The average Bonchev–Trinajstić information content (AvgIpc) is 3.20. The van der Waals surface area contributed by atoms with Gasteiger partial charge in [-0.3, -0.25) is 14.1 Å². The Kier molecular flexibility index (Phi) is 33.6. The highest BCUT2D eigenvalue weighted by Gasteiger charge is 2.46. The van der Waals surface area contributed by atoms with Gasteiger partial charge in [0.2, 0.25) is 0 Å². The molecule has 1 aliphatic heterocycles. The highest BCUT2D eigenvalue weighted by molar-refractivity contribution is 7.85. The highest BCUT2D eigenvalue weighted by atomic mass is 32.2. The molecule has 13 heteroatoms. The Morgan fingerprint density at radius 2 is 1.05 bits per heavy atom. The number of ether oxygens (including phenoxy) is 4. The Hall–Kier alpha value is -2.39. The number of hydrogen-bond acceptors (Lipinski definition) is 11. The molecule has 12 nitrogen and oxygen atoms in total. The molecule has 4 N–H and O–H groups in total. The first kappa shape index (κ1) is 54.6. The lowest BCUT2D eigenvalue weighted by atomic mass is 10.00. The van der Waals surface area contributed by atoms with Gasteiger partial charge < -0.3 is 34.3 Å². The third-order valence-corrected chi connectivity index (χ3v) is 10.9. The fourth-order valence-electron chi connectivity index (χ4n) is 6.61. The summed E-state index contributed by atoms with van der Waals surface area (Å²) in [6.07, 6.45) is 32.9. The van der Waals surface area contributed by atoms with Gasteiger partial charge in [-0.1, -0.05) is 159 Å². The van der Waals surface area contributed by atoms with Gasteiger partial charge in [0.05, 0.1) is 6.61 Å². The maximum absolute atomic E-state index is 12.8. The van der Waals surface area contributed by atoms with E-state index in [0.717, 1.165) is 64.2 Å². The Balaban J connectivity index is 2.48. The van der Waals surface area contributed by atoms with E-state index in [1.807, 2.05) is 0 Å². The number of allylic oxidation sites excluding steroid dienone is 8. The minimum Gasteiger partial charge on any atom is -0.462 e. The van der Waals surface area contributed by atoms with E-state index in [1.165, 1.54) is 70.6 Å². The first-order valence-corrected chi connectivity index (χ1v) is 24.3. The van der Waals surface area contributed by atoms with Crippen LogP contribution >= 0.6 is 0 Å². The number of esters is 2. The lowest BCUT2D eigenvalue weighted by Gasteiger charge is -2.40. The lowest BCUT2D eigenvalue weighted by molar-refractivity contribution is -0.297. The number of aliphatic hydroxyl groups excluding tert-OH is 3. The number of aliphatic hydroxyl groups is 3. The Morgan fingerprint density at radius 3 is 1.58 bits per heavy atom. The maximum Gasteiger partial charge on any atom is 0.306 e. The van der Waals surface area contributed by atoms with Crippen molar-refractivity contribution >= 4 is 22.1 Å². The van der Waals surface area contributed by atoms with Crippen molar-refractivity contribution in [3.8, 4) is 0 Å². The average molecular weight is 857 g/mol. The van der Waals surface area contributed by atoms with E-state index in [1.54, 1.807) is 0 Å². The predicted octanol–water partition coefficient (Wildman–Crippen LogP) is 9.17. The van der Waals surface area contributed by atoms with E-state index >= 15 is 0 Å². The number of unbranched alkanes of at least 4 members (excludes halogenated alkanes) is 17. The summed E-state index contributed by atoms with van der Waals surface area (Å²) in [5.41, 5.74) is 0. The van der Waals surface area contributed by atoms with Crippen LogP contribution in [0.3, 0.4) is 0 Å². The van der Waals surface area contributed by atoms with Crippen LogP contribution < -0.4 is 0 Å². The normalized spacial score (nSPS) is 20.7. The third kappa shape index (κ3) is 31.2. The van der Waals surface area contributed by atoms with E-state index in [9.17, 15) is 37.9 Å². The van der Waals surface area contributed by atoms with Crippen LogP contribution in [-0.4, -0.2) is 96.0 Å². The molecule has 0 radical (unpaired) electrons. The van der Waals surface area contributed by atoms with Crippen LogP contribution in [0.5, 0.6) is 0 Å². The standard InChI is InChI=1S/C46H80O12S/c1-3-5-7-9-11-13-15-17-19-20-21-23-25-27-29-31-33-35-42(48)57-39(37-56-46-45(51)44(50)43(49)40(58-46)38-59(52,53)54)36-55-41(47)34-32-30-28-26-24-22-18-16-14-12-10-8-6-4-2/h7,9,13,15,19-20,23,25,39-40,43-46,49-51H,3-6,8,10-12,14,16-18,21-22,24,26-38H2,1-2H3,(H,52,53,54)/b9-7+,15-13+,20-19+,25-23+/t39-,40-,43-,44?,45?,46+/m1/s1. The summed E-state index contributed by atoms with van der Waals surface area (Å²) in [7, 11) is -4.61. The molecule has 1 aliphatic rings. The molecule has 1 rings (SSSR count). The number of carbonyl (C=O) groups is 2. The summed E-state index contributed by atoms with van der Waals surface area (Å²) < 4.78 is 54.0. The van der Waals surface area contributed by atoms with Crippen molar-refractivity contribution in [1.82, 2.24) is 0 Å². The molecule has 2 unspecified atom stereocenters. The van der Waals surface area contributed by atoms with Gasteiger partial charge in [0, 0.05) is 12.8 Å². The molecule has 0 aromatic heterocycles. The summed E-state index contributed by atoms with van der Waals surface area (Å²) in [5.74, 6) is -2.02. The molecule has 1 heterocycles. The fraction of sp³-hybridized carbons (Fsp3) is 0.783. The maximum atomic E-state index is 12.8. The van der Waals surface area contributed by atoms with Crippen molar-refractivity contribution in [3.63, 3.8) is 0 Å². The van der Waals surface area contributed by atoms with Crippen molar-refractivity contribution in [2.24, 2.45) is 0 Å². The molecular formula is C46H80O12S. The third-order valence-electron chi connectivity index (χ3n) is 10.1. The van der Waals surface area contributed by atoms with Crippen LogP contribution in [0.2, 0.25) is 0 Å². The summed E-state index contributed by atoms with van der Waals surface area (Å²) in [5, 5.41) is 30.9. The van der Waals surface area contributed by atoms with Crippen LogP contribution in [0.1, 0.15) is 174 Å². The lowest BCUT2D eigenvalue weighted by Crippen LogP contribution is -2.60. The van der Waals surface area contributed by atoms with Gasteiger partial charge in [-0.05, 0) is 51.4 Å². The van der Waals surface area contributed by atoms with Gasteiger partial charge in [-0.25, -0.2) is 0 Å². The van der Waals surface area contributed by atoms with Crippen LogP contribution in [0, 0.1) is 0 Å². The second-order valence-electron chi connectivity index (χ2n) is 15.7. The van der Waals surface area contributed by atoms with Gasteiger partial charge in [0.15, 0.2) is 12.4 Å². The molecule has 342 valence electrons. The van der Waals surface area contributed by atoms with Crippen molar-refractivity contribution < 1.29 is 56.8 Å². The van der Waals surface area contributed by atoms with E-state index in [2.05, 4.69) is 62.5 Å². The van der Waals surface area contributed by atoms with Gasteiger partial charge in [0.25, 0.3) is 10.1 Å². The quantitative estimate of drug-likeness (QED) is 0.0201. The molecule has 0 saturated carbocycles. The molecule has 0 spiro atoms. The first-order chi connectivity index (χ1) is 28.5. The highest BCUT2D eigenvalue weighted by Crippen LogP contribution is 2.24. The zero-order valence-electron chi connectivity index (χ0n) is 36.3. The second-order valence-corrected chi connectivity index (χ2v) is 17.2. The number of hydrogen-bond donors (Lipinski definition) is 4. The van der Waals surface area contributed by atoms with Crippen molar-refractivity contribution in [2.45, 2.75) is 211 Å². The van der Waals surface area contributed by atoms with Gasteiger partial charge in [-0.15, -0.1) is 0 Å². The zero-order chi connectivity index (χ0) is 43.4. The smallest absolute Gasteiger partial charge is 0.306 e. The molecule has 0 aromatic rings. The molecular weight excluding hydrogens is 777 g/mol. The van der Waals surface area contributed by atoms with E-state index in [4.69, 9.17) is 18.9 Å². The Bertz CT molecular complexity index is 1280. The topological polar surface area (TPSA) is 186 Å². The van der Waals surface area contributed by atoms with E-state index < -0.39 is 71.2 Å². The molecule has 0 aliphatic carbocycles.